The first kappa shape index (κ1) is 11.4. The molecule has 2 nitrogen and oxygen atoms in total. The molecule has 1 saturated heterocycles. The monoisotopic (exact) mass is 211 g/mol. The molecule has 0 aromatic heterocycles. The van der Waals surface area contributed by atoms with Gasteiger partial charge in [-0.1, -0.05) is 26.2 Å². The number of nitrogens with one attached hydrogen (secondary N) is 1. The molecule has 2 aliphatic rings. The van der Waals surface area contributed by atoms with E-state index in [4.69, 9.17) is 4.74 Å². The molecule has 1 aliphatic carbocycles. The minimum Gasteiger partial charge on any atom is -0.381 e. The van der Waals surface area contributed by atoms with Gasteiger partial charge in [0.05, 0.1) is 6.61 Å². The van der Waals surface area contributed by atoms with E-state index < -0.39 is 0 Å². The fourth-order valence-electron chi connectivity index (χ4n) is 2.91. The molecule has 1 aliphatic heterocycles. The predicted molar refractivity (Wildman–Crippen MR) is 62.9 cm³/mol. The highest BCUT2D eigenvalue weighted by Gasteiger charge is 2.21. The summed E-state index contributed by atoms with van der Waals surface area (Å²) in [6, 6.07) is 0. The van der Waals surface area contributed by atoms with Gasteiger partial charge in [0.15, 0.2) is 0 Å². The van der Waals surface area contributed by atoms with E-state index in [1.807, 2.05) is 0 Å². The minimum atomic E-state index is 0.781. The lowest BCUT2D eigenvalue weighted by atomic mass is 9.80. The summed E-state index contributed by atoms with van der Waals surface area (Å²) >= 11 is 0. The summed E-state index contributed by atoms with van der Waals surface area (Å²) in [6.45, 7) is 6.78. The van der Waals surface area contributed by atoms with E-state index in [2.05, 4.69) is 12.2 Å². The van der Waals surface area contributed by atoms with Crippen molar-refractivity contribution in [2.24, 2.45) is 17.8 Å². The van der Waals surface area contributed by atoms with Crippen molar-refractivity contribution < 1.29 is 4.74 Å². The first-order valence-corrected chi connectivity index (χ1v) is 6.64. The highest BCUT2D eigenvalue weighted by Crippen LogP contribution is 2.28. The molecule has 0 amide bonds. The summed E-state index contributed by atoms with van der Waals surface area (Å²) in [5, 5.41) is 3.65. The topological polar surface area (TPSA) is 21.3 Å². The van der Waals surface area contributed by atoms with Gasteiger partial charge in [0.1, 0.15) is 0 Å². The van der Waals surface area contributed by atoms with Gasteiger partial charge in [0, 0.05) is 13.2 Å². The zero-order valence-corrected chi connectivity index (χ0v) is 10.0. The Morgan fingerprint density at radius 3 is 2.73 bits per heavy atom. The van der Waals surface area contributed by atoms with Crippen molar-refractivity contribution >= 4 is 0 Å². The molecule has 0 bridgehead atoms. The van der Waals surface area contributed by atoms with Gasteiger partial charge in [0.25, 0.3) is 0 Å². The van der Waals surface area contributed by atoms with Crippen LogP contribution in [0, 0.1) is 17.8 Å². The van der Waals surface area contributed by atoms with Crippen LogP contribution in [0.1, 0.15) is 39.0 Å². The van der Waals surface area contributed by atoms with E-state index in [9.17, 15) is 0 Å². The van der Waals surface area contributed by atoms with E-state index in [1.165, 1.54) is 45.2 Å². The fourth-order valence-corrected chi connectivity index (χ4v) is 2.91. The maximum absolute atomic E-state index is 5.38. The van der Waals surface area contributed by atoms with Crippen LogP contribution < -0.4 is 5.32 Å². The molecule has 2 fully saturated rings. The predicted octanol–water partition coefficient (Wildman–Crippen LogP) is 2.44. The molecule has 0 aromatic rings. The standard InChI is InChI=1S/C13H25NO/c1-11-4-2-3-5-13(11)9-14-8-12-6-7-15-10-12/h11-14H,2-10H2,1H3. The Morgan fingerprint density at radius 2 is 2.00 bits per heavy atom. The Bertz CT molecular complexity index is 177. The zero-order valence-electron chi connectivity index (χ0n) is 10.0. The van der Waals surface area contributed by atoms with Crippen LogP contribution in [0.15, 0.2) is 0 Å². The number of hydrogen-bond donors (Lipinski definition) is 1. The van der Waals surface area contributed by atoms with E-state index in [-0.39, 0.29) is 0 Å². The summed E-state index contributed by atoms with van der Waals surface area (Å²) in [5.74, 6) is 2.65. The first-order chi connectivity index (χ1) is 7.36. The quantitative estimate of drug-likeness (QED) is 0.771. The van der Waals surface area contributed by atoms with Crippen LogP contribution in [0.5, 0.6) is 0 Å². The van der Waals surface area contributed by atoms with Crippen molar-refractivity contribution in [1.29, 1.82) is 0 Å². The lowest BCUT2D eigenvalue weighted by Crippen LogP contribution is -2.32. The molecule has 3 atom stereocenters. The third kappa shape index (κ3) is 3.46. The summed E-state index contributed by atoms with van der Waals surface area (Å²) < 4.78 is 5.38. The Balaban J connectivity index is 1.59. The van der Waals surface area contributed by atoms with Crippen molar-refractivity contribution in [2.75, 3.05) is 26.3 Å². The third-order valence-corrected chi connectivity index (χ3v) is 4.15. The van der Waals surface area contributed by atoms with Crippen LogP contribution >= 0.6 is 0 Å². The lowest BCUT2D eigenvalue weighted by Gasteiger charge is -2.29. The summed E-state index contributed by atoms with van der Waals surface area (Å²) in [6.07, 6.45) is 7.04. The number of hydrogen-bond acceptors (Lipinski definition) is 2. The number of rotatable bonds is 4. The Labute approximate surface area is 93.8 Å². The normalized spacial score (nSPS) is 37.0. The zero-order chi connectivity index (χ0) is 10.5. The average Bonchev–Trinajstić information content (AvgIpc) is 2.74. The van der Waals surface area contributed by atoms with Crippen molar-refractivity contribution in [3.05, 3.63) is 0 Å². The molecule has 2 rings (SSSR count). The first-order valence-electron chi connectivity index (χ1n) is 6.64. The van der Waals surface area contributed by atoms with Gasteiger partial charge in [-0.2, -0.15) is 0 Å². The lowest BCUT2D eigenvalue weighted by molar-refractivity contribution is 0.183. The van der Waals surface area contributed by atoms with Gasteiger partial charge in [-0.3, -0.25) is 0 Å². The SMILES string of the molecule is CC1CCCCC1CNCC1CCOC1. The molecule has 0 radical (unpaired) electrons. The Hall–Kier alpha value is -0.0800. The van der Waals surface area contributed by atoms with Gasteiger partial charge in [-0.05, 0) is 37.1 Å². The highest BCUT2D eigenvalue weighted by atomic mass is 16.5. The van der Waals surface area contributed by atoms with E-state index in [0.29, 0.717) is 0 Å². The molecule has 3 unspecified atom stereocenters. The molecular formula is C13H25NO. The van der Waals surface area contributed by atoms with Crippen molar-refractivity contribution in [1.82, 2.24) is 5.32 Å². The summed E-state index contributed by atoms with van der Waals surface area (Å²) in [7, 11) is 0. The third-order valence-electron chi connectivity index (χ3n) is 4.15. The molecule has 1 heterocycles. The smallest absolute Gasteiger partial charge is 0.0507 e. The molecule has 15 heavy (non-hydrogen) atoms. The van der Waals surface area contributed by atoms with Crippen molar-refractivity contribution in [3.63, 3.8) is 0 Å². The Morgan fingerprint density at radius 1 is 1.13 bits per heavy atom. The minimum absolute atomic E-state index is 0.781. The molecule has 1 saturated carbocycles. The second kappa shape index (κ2) is 5.86. The van der Waals surface area contributed by atoms with Gasteiger partial charge in [0.2, 0.25) is 0 Å². The second-order valence-electron chi connectivity index (χ2n) is 5.41. The van der Waals surface area contributed by atoms with Gasteiger partial charge in [-0.15, -0.1) is 0 Å². The van der Waals surface area contributed by atoms with Crippen molar-refractivity contribution in [2.45, 2.75) is 39.0 Å². The van der Waals surface area contributed by atoms with Crippen LogP contribution in [-0.4, -0.2) is 26.3 Å². The maximum Gasteiger partial charge on any atom is 0.0507 e. The van der Waals surface area contributed by atoms with Gasteiger partial charge >= 0.3 is 0 Å². The van der Waals surface area contributed by atoms with Gasteiger partial charge in [-0.25, -0.2) is 0 Å². The maximum atomic E-state index is 5.38. The average molecular weight is 211 g/mol. The van der Waals surface area contributed by atoms with Crippen molar-refractivity contribution in [3.8, 4) is 0 Å². The van der Waals surface area contributed by atoms with E-state index in [0.717, 1.165) is 31.0 Å². The fraction of sp³-hybridized carbons (Fsp3) is 1.00. The molecule has 0 aromatic carbocycles. The number of ether oxygens (including phenoxy) is 1. The molecule has 1 N–H and O–H groups in total. The largest absolute Gasteiger partial charge is 0.381 e. The second-order valence-corrected chi connectivity index (χ2v) is 5.41. The summed E-state index contributed by atoms with van der Waals surface area (Å²) in [5.41, 5.74) is 0. The molecule has 2 heteroatoms. The van der Waals surface area contributed by atoms with Crippen LogP contribution in [0.2, 0.25) is 0 Å². The Kier molecular flexibility index (Phi) is 4.45. The van der Waals surface area contributed by atoms with E-state index in [1.54, 1.807) is 0 Å². The summed E-state index contributed by atoms with van der Waals surface area (Å²) in [4.78, 5) is 0. The highest BCUT2D eigenvalue weighted by molar-refractivity contribution is 4.75. The van der Waals surface area contributed by atoms with Crippen LogP contribution in [-0.2, 0) is 4.74 Å². The molecule has 88 valence electrons. The van der Waals surface area contributed by atoms with Crippen LogP contribution in [0.4, 0.5) is 0 Å². The molecular weight excluding hydrogens is 186 g/mol. The molecule has 0 spiro atoms. The van der Waals surface area contributed by atoms with Gasteiger partial charge < -0.3 is 10.1 Å². The van der Waals surface area contributed by atoms with Crippen LogP contribution in [0.25, 0.3) is 0 Å². The van der Waals surface area contributed by atoms with Crippen LogP contribution in [0.3, 0.4) is 0 Å². The van der Waals surface area contributed by atoms with E-state index >= 15 is 0 Å².